The Bertz CT molecular complexity index is 353. The molecule has 1 heterocycles. The first-order valence-corrected chi connectivity index (χ1v) is 6.37. The van der Waals surface area contributed by atoms with E-state index in [1.54, 1.807) is 0 Å². The first kappa shape index (κ1) is 13.5. The molecule has 1 aliphatic rings. The molecule has 4 nitrogen and oxygen atoms in total. The van der Waals surface area contributed by atoms with Crippen LogP contribution in [0, 0.1) is 0 Å². The van der Waals surface area contributed by atoms with Crippen LogP contribution in [0.15, 0.2) is 24.3 Å². The molecule has 0 aromatic heterocycles. The Hall–Kier alpha value is -0.940. The zero-order valence-electron chi connectivity index (χ0n) is 10.5. The van der Waals surface area contributed by atoms with Crippen molar-refractivity contribution in [2.45, 2.75) is 12.5 Å². The van der Waals surface area contributed by atoms with E-state index in [2.05, 4.69) is 18.2 Å². The fraction of sp³-hybridized carbons (Fsp3) is 0.571. The third-order valence-corrected chi connectivity index (χ3v) is 2.97. The summed E-state index contributed by atoms with van der Waals surface area (Å²) >= 11 is 0. The molecular formula is C14H20O4. The second-order valence-corrected chi connectivity index (χ2v) is 4.22. The minimum atomic E-state index is 0.0350. The summed E-state index contributed by atoms with van der Waals surface area (Å²) in [6.07, 6.45) is 1.01. The molecule has 4 heteroatoms. The van der Waals surface area contributed by atoms with Gasteiger partial charge in [0.25, 0.3) is 0 Å². The molecule has 1 aromatic rings. The smallest absolute Gasteiger partial charge is 0.106 e. The van der Waals surface area contributed by atoms with E-state index in [0.717, 1.165) is 13.0 Å². The molecule has 1 aromatic carbocycles. The maximum absolute atomic E-state index is 8.55. The highest BCUT2D eigenvalue weighted by atomic mass is 16.5. The Morgan fingerprint density at radius 3 is 2.89 bits per heavy atom. The van der Waals surface area contributed by atoms with E-state index in [4.69, 9.17) is 19.3 Å². The third kappa shape index (κ3) is 3.78. The van der Waals surface area contributed by atoms with Gasteiger partial charge in [-0.1, -0.05) is 24.3 Å². The lowest BCUT2D eigenvalue weighted by atomic mass is 9.98. The van der Waals surface area contributed by atoms with E-state index in [0.29, 0.717) is 26.4 Å². The Morgan fingerprint density at radius 2 is 2.00 bits per heavy atom. The van der Waals surface area contributed by atoms with Gasteiger partial charge >= 0.3 is 0 Å². The van der Waals surface area contributed by atoms with Gasteiger partial charge in [0.15, 0.2) is 0 Å². The summed E-state index contributed by atoms with van der Waals surface area (Å²) in [6, 6.07) is 8.34. The Morgan fingerprint density at radius 1 is 1.17 bits per heavy atom. The molecule has 0 saturated carbocycles. The zero-order chi connectivity index (χ0) is 12.6. The van der Waals surface area contributed by atoms with Crippen LogP contribution in [0.25, 0.3) is 0 Å². The summed E-state index contributed by atoms with van der Waals surface area (Å²) in [4.78, 5) is 0. The van der Waals surface area contributed by atoms with Gasteiger partial charge in [0, 0.05) is 0 Å². The topological polar surface area (TPSA) is 47.9 Å². The number of ether oxygens (including phenoxy) is 3. The highest BCUT2D eigenvalue weighted by Gasteiger charge is 2.20. The first-order valence-electron chi connectivity index (χ1n) is 6.37. The molecule has 0 fully saturated rings. The number of hydrogen-bond acceptors (Lipinski definition) is 4. The van der Waals surface area contributed by atoms with Crippen molar-refractivity contribution >= 4 is 0 Å². The molecule has 0 amide bonds. The predicted molar refractivity (Wildman–Crippen MR) is 67.6 cm³/mol. The van der Waals surface area contributed by atoms with Gasteiger partial charge in [-0.3, -0.25) is 0 Å². The fourth-order valence-electron chi connectivity index (χ4n) is 2.09. The van der Waals surface area contributed by atoms with Gasteiger partial charge in [-0.05, 0) is 17.5 Å². The summed E-state index contributed by atoms with van der Waals surface area (Å²) in [6.45, 7) is 2.77. The molecule has 18 heavy (non-hydrogen) atoms. The van der Waals surface area contributed by atoms with Gasteiger partial charge in [0.1, 0.15) is 6.10 Å². The molecule has 0 saturated heterocycles. The van der Waals surface area contributed by atoms with E-state index in [9.17, 15) is 0 Å². The van der Waals surface area contributed by atoms with Crippen LogP contribution < -0.4 is 0 Å². The van der Waals surface area contributed by atoms with Gasteiger partial charge in [-0.25, -0.2) is 0 Å². The summed E-state index contributed by atoms with van der Waals surface area (Å²) in [7, 11) is 0. The van der Waals surface area contributed by atoms with E-state index in [1.807, 2.05) is 6.07 Å². The third-order valence-electron chi connectivity index (χ3n) is 2.97. The van der Waals surface area contributed by atoms with Crippen LogP contribution in [0.2, 0.25) is 0 Å². The summed E-state index contributed by atoms with van der Waals surface area (Å²) < 4.78 is 16.4. The van der Waals surface area contributed by atoms with Crippen molar-refractivity contribution in [3.05, 3.63) is 35.4 Å². The number of benzene rings is 1. The lowest BCUT2D eigenvalue weighted by Crippen LogP contribution is -2.21. The van der Waals surface area contributed by atoms with Crippen LogP contribution in [-0.2, 0) is 20.6 Å². The van der Waals surface area contributed by atoms with Crippen LogP contribution in [-0.4, -0.2) is 44.7 Å². The lowest BCUT2D eigenvalue weighted by Gasteiger charge is -2.25. The van der Waals surface area contributed by atoms with Crippen LogP contribution in [0.5, 0.6) is 0 Å². The van der Waals surface area contributed by atoms with Crippen LogP contribution >= 0.6 is 0 Å². The van der Waals surface area contributed by atoms with Crippen molar-refractivity contribution in [1.82, 2.24) is 0 Å². The van der Waals surface area contributed by atoms with Gasteiger partial charge in [-0.15, -0.1) is 0 Å². The second-order valence-electron chi connectivity index (χ2n) is 4.22. The molecule has 2 rings (SSSR count). The van der Waals surface area contributed by atoms with Crippen molar-refractivity contribution < 1.29 is 19.3 Å². The summed E-state index contributed by atoms with van der Waals surface area (Å²) in [5.74, 6) is 0. The van der Waals surface area contributed by atoms with Crippen molar-refractivity contribution in [2.75, 3.05) is 39.6 Å². The molecular weight excluding hydrogens is 232 g/mol. The average molecular weight is 252 g/mol. The maximum Gasteiger partial charge on any atom is 0.106 e. The number of rotatable bonds is 7. The standard InChI is InChI=1S/C14H20O4/c15-6-8-16-9-10-17-11-14-13-4-2-1-3-12(13)5-7-18-14/h1-4,14-15H,5-11H2. The minimum absolute atomic E-state index is 0.0350. The molecule has 0 spiro atoms. The van der Waals surface area contributed by atoms with Gasteiger partial charge in [0.2, 0.25) is 0 Å². The lowest BCUT2D eigenvalue weighted by molar-refractivity contribution is -0.0400. The highest BCUT2D eigenvalue weighted by Crippen LogP contribution is 2.26. The van der Waals surface area contributed by atoms with Gasteiger partial charge < -0.3 is 19.3 Å². The molecule has 1 N–H and O–H groups in total. The van der Waals surface area contributed by atoms with Crippen molar-refractivity contribution in [1.29, 1.82) is 0 Å². The van der Waals surface area contributed by atoms with Crippen LogP contribution in [0.4, 0.5) is 0 Å². The predicted octanol–water partition coefficient (Wildman–Crippen LogP) is 1.33. The molecule has 1 atom stereocenters. The monoisotopic (exact) mass is 252 g/mol. The second kappa shape index (κ2) is 7.48. The minimum Gasteiger partial charge on any atom is -0.394 e. The zero-order valence-corrected chi connectivity index (χ0v) is 10.5. The quantitative estimate of drug-likeness (QED) is 0.744. The Balaban J connectivity index is 1.74. The molecule has 0 aliphatic carbocycles. The van der Waals surface area contributed by atoms with Crippen molar-refractivity contribution in [3.8, 4) is 0 Å². The van der Waals surface area contributed by atoms with Crippen LogP contribution in [0.1, 0.15) is 17.2 Å². The number of aliphatic hydroxyl groups excluding tert-OH is 1. The van der Waals surface area contributed by atoms with E-state index in [-0.39, 0.29) is 12.7 Å². The molecule has 1 unspecified atom stereocenters. The largest absolute Gasteiger partial charge is 0.394 e. The van der Waals surface area contributed by atoms with E-state index in [1.165, 1.54) is 11.1 Å². The maximum atomic E-state index is 8.55. The van der Waals surface area contributed by atoms with Gasteiger partial charge in [0.05, 0.1) is 39.6 Å². The average Bonchev–Trinajstić information content (AvgIpc) is 2.43. The Labute approximate surface area is 107 Å². The fourth-order valence-corrected chi connectivity index (χ4v) is 2.09. The SMILES string of the molecule is OCCOCCOCC1OCCc2ccccc21. The van der Waals surface area contributed by atoms with Gasteiger partial charge in [-0.2, -0.15) is 0 Å². The molecule has 0 radical (unpaired) electrons. The Kier molecular flexibility index (Phi) is 5.61. The molecule has 0 bridgehead atoms. The number of hydrogen-bond donors (Lipinski definition) is 1. The number of fused-ring (bicyclic) bond motifs is 1. The normalized spacial score (nSPS) is 18.6. The van der Waals surface area contributed by atoms with Crippen molar-refractivity contribution in [2.24, 2.45) is 0 Å². The highest BCUT2D eigenvalue weighted by molar-refractivity contribution is 5.30. The number of aliphatic hydroxyl groups is 1. The van der Waals surface area contributed by atoms with Crippen LogP contribution in [0.3, 0.4) is 0 Å². The summed E-state index contributed by atoms with van der Waals surface area (Å²) in [5, 5.41) is 8.55. The van der Waals surface area contributed by atoms with E-state index < -0.39 is 0 Å². The van der Waals surface area contributed by atoms with Crippen molar-refractivity contribution in [3.63, 3.8) is 0 Å². The molecule has 100 valence electrons. The first-order chi connectivity index (χ1) is 8.92. The molecule has 1 aliphatic heterocycles. The van der Waals surface area contributed by atoms with E-state index >= 15 is 0 Å². The summed E-state index contributed by atoms with van der Waals surface area (Å²) in [5.41, 5.74) is 2.59.